The summed E-state index contributed by atoms with van der Waals surface area (Å²) in [5.74, 6) is 0.814. The highest BCUT2D eigenvalue weighted by Crippen LogP contribution is 2.24. The van der Waals surface area contributed by atoms with Gasteiger partial charge in [0.15, 0.2) is 11.6 Å². The lowest BCUT2D eigenvalue weighted by atomic mass is 10.0. The summed E-state index contributed by atoms with van der Waals surface area (Å²) in [4.78, 5) is 7.30. The van der Waals surface area contributed by atoms with E-state index in [1.807, 2.05) is 6.92 Å². The van der Waals surface area contributed by atoms with Crippen LogP contribution in [0.4, 0.5) is 4.39 Å². The first-order valence-corrected chi connectivity index (χ1v) is 6.29. The van der Waals surface area contributed by atoms with Crippen LogP contribution in [0.25, 0.3) is 0 Å². The minimum Gasteiger partial charge on any atom is -0.494 e. The summed E-state index contributed by atoms with van der Waals surface area (Å²) in [5.41, 5.74) is 0.983. The van der Waals surface area contributed by atoms with Gasteiger partial charge in [-0.2, -0.15) is 0 Å². The summed E-state index contributed by atoms with van der Waals surface area (Å²) >= 11 is 0. The molecule has 2 rings (SSSR count). The molecule has 0 fully saturated rings. The van der Waals surface area contributed by atoms with Crippen molar-refractivity contribution in [3.05, 3.63) is 47.8 Å². The van der Waals surface area contributed by atoms with Crippen molar-refractivity contribution in [3.63, 3.8) is 0 Å². The van der Waals surface area contributed by atoms with Crippen molar-refractivity contribution in [1.82, 2.24) is 15.3 Å². The quantitative estimate of drug-likeness (QED) is 0.841. The highest BCUT2D eigenvalue weighted by atomic mass is 19.1. The van der Waals surface area contributed by atoms with Gasteiger partial charge >= 0.3 is 0 Å². The molecule has 5 heteroatoms. The summed E-state index contributed by atoms with van der Waals surface area (Å²) in [6, 6.07) is 5.01. The Hall–Kier alpha value is -1.88. The zero-order valence-electron chi connectivity index (χ0n) is 11.1. The first-order valence-electron chi connectivity index (χ1n) is 6.29. The number of hydrogen-bond donors (Lipinski definition) is 2. The number of aromatic nitrogens is 2. The second-order valence-electron chi connectivity index (χ2n) is 4.24. The topological polar surface area (TPSA) is 49.9 Å². The maximum absolute atomic E-state index is 13.4. The van der Waals surface area contributed by atoms with Gasteiger partial charge in [0.25, 0.3) is 0 Å². The van der Waals surface area contributed by atoms with Crippen molar-refractivity contribution in [2.75, 3.05) is 13.7 Å². The van der Waals surface area contributed by atoms with Crippen LogP contribution in [0.3, 0.4) is 0 Å². The molecule has 1 aromatic heterocycles. The Morgan fingerprint density at radius 2 is 2.32 bits per heavy atom. The molecule has 0 saturated carbocycles. The Morgan fingerprint density at radius 1 is 1.47 bits per heavy atom. The van der Waals surface area contributed by atoms with Gasteiger partial charge in [0, 0.05) is 24.9 Å². The van der Waals surface area contributed by atoms with Crippen molar-refractivity contribution < 1.29 is 9.13 Å². The van der Waals surface area contributed by atoms with E-state index < -0.39 is 0 Å². The number of halogens is 1. The molecule has 1 unspecified atom stereocenters. The lowest BCUT2D eigenvalue weighted by Crippen LogP contribution is -2.23. The number of aromatic amines is 1. The number of methoxy groups -OCH3 is 1. The molecule has 0 aliphatic rings. The molecular formula is C14H18FN3O. The zero-order valence-corrected chi connectivity index (χ0v) is 11.1. The Labute approximate surface area is 112 Å². The van der Waals surface area contributed by atoms with E-state index in [9.17, 15) is 4.39 Å². The molecular weight excluding hydrogens is 245 g/mol. The third-order valence-corrected chi connectivity index (χ3v) is 2.98. The van der Waals surface area contributed by atoms with Crippen molar-refractivity contribution in [2.45, 2.75) is 19.4 Å². The van der Waals surface area contributed by atoms with Crippen molar-refractivity contribution in [2.24, 2.45) is 0 Å². The molecule has 0 aliphatic carbocycles. The van der Waals surface area contributed by atoms with Gasteiger partial charge in [0.05, 0.1) is 7.11 Å². The number of nitrogens with zero attached hydrogens (tertiary/aromatic N) is 1. The molecule has 4 nitrogen and oxygen atoms in total. The SMILES string of the molecule is CCNC(Cc1ncc[nH]1)c1ccc(F)c(OC)c1. The van der Waals surface area contributed by atoms with Crippen molar-refractivity contribution >= 4 is 0 Å². The fourth-order valence-corrected chi connectivity index (χ4v) is 2.05. The summed E-state index contributed by atoms with van der Waals surface area (Å²) in [6.45, 7) is 2.86. The van der Waals surface area contributed by atoms with Crippen molar-refractivity contribution in [3.8, 4) is 5.75 Å². The molecule has 1 heterocycles. The normalized spacial score (nSPS) is 12.4. The lowest BCUT2D eigenvalue weighted by Gasteiger charge is -2.18. The van der Waals surface area contributed by atoms with E-state index in [4.69, 9.17) is 4.74 Å². The van der Waals surface area contributed by atoms with Crippen LogP contribution in [-0.4, -0.2) is 23.6 Å². The van der Waals surface area contributed by atoms with E-state index in [-0.39, 0.29) is 17.6 Å². The van der Waals surface area contributed by atoms with Crippen LogP contribution in [0.2, 0.25) is 0 Å². The van der Waals surface area contributed by atoms with E-state index >= 15 is 0 Å². The van der Waals surface area contributed by atoms with E-state index in [1.165, 1.54) is 13.2 Å². The Balaban J connectivity index is 2.22. The van der Waals surface area contributed by atoms with Gasteiger partial charge in [-0.05, 0) is 24.2 Å². The Kier molecular flexibility index (Phi) is 4.52. The largest absolute Gasteiger partial charge is 0.494 e. The number of likely N-dealkylation sites (N-methyl/N-ethyl adjacent to an activating group) is 1. The van der Waals surface area contributed by atoms with Gasteiger partial charge in [-0.15, -0.1) is 0 Å². The van der Waals surface area contributed by atoms with Gasteiger partial charge in [0.2, 0.25) is 0 Å². The third kappa shape index (κ3) is 3.32. The Bertz CT molecular complexity index is 513. The van der Waals surface area contributed by atoms with Gasteiger partial charge < -0.3 is 15.0 Å². The van der Waals surface area contributed by atoms with Gasteiger partial charge in [0.1, 0.15) is 5.82 Å². The number of rotatable bonds is 6. The smallest absolute Gasteiger partial charge is 0.165 e. The summed E-state index contributed by atoms with van der Waals surface area (Å²) in [5, 5.41) is 3.37. The molecule has 0 saturated heterocycles. The first-order chi connectivity index (χ1) is 9.24. The van der Waals surface area contributed by atoms with Crippen LogP contribution in [0.1, 0.15) is 24.4 Å². The molecule has 102 valence electrons. The standard InChI is InChI=1S/C14H18FN3O/c1-3-16-12(9-14-17-6-7-18-14)10-4-5-11(15)13(8-10)19-2/h4-8,12,16H,3,9H2,1-2H3,(H,17,18). The Morgan fingerprint density at radius 3 is 2.95 bits per heavy atom. The maximum atomic E-state index is 13.4. The van der Waals surface area contributed by atoms with Crippen LogP contribution in [0, 0.1) is 5.82 Å². The lowest BCUT2D eigenvalue weighted by molar-refractivity contribution is 0.384. The molecule has 0 bridgehead atoms. The number of imidazole rings is 1. The molecule has 0 amide bonds. The van der Waals surface area contributed by atoms with E-state index in [0.29, 0.717) is 0 Å². The van der Waals surface area contributed by atoms with Crippen molar-refractivity contribution in [1.29, 1.82) is 0 Å². The molecule has 0 radical (unpaired) electrons. The van der Waals surface area contributed by atoms with Crippen LogP contribution < -0.4 is 10.1 Å². The number of ether oxygens (including phenoxy) is 1. The van der Waals surface area contributed by atoms with Crippen LogP contribution in [-0.2, 0) is 6.42 Å². The summed E-state index contributed by atoms with van der Waals surface area (Å²) < 4.78 is 18.5. The molecule has 2 aromatic rings. The second-order valence-corrected chi connectivity index (χ2v) is 4.24. The molecule has 19 heavy (non-hydrogen) atoms. The van der Waals surface area contributed by atoms with Gasteiger partial charge in [-0.1, -0.05) is 13.0 Å². The average molecular weight is 263 g/mol. The number of H-pyrrole nitrogens is 1. The third-order valence-electron chi connectivity index (χ3n) is 2.98. The van der Waals surface area contributed by atoms with Crippen LogP contribution >= 0.6 is 0 Å². The van der Waals surface area contributed by atoms with E-state index in [2.05, 4.69) is 15.3 Å². The first kappa shape index (κ1) is 13.5. The molecule has 2 N–H and O–H groups in total. The monoisotopic (exact) mass is 263 g/mol. The summed E-state index contributed by atoms with van der Waals surface area (Å²) in [6.07, 6.45) is 4.24. The fraction of sp³-hybridized carbons (Fsp3) is 0.357. The minimum absolute atomic E-state index is 0.0747. The average Bonchev–Trinajstić information content (AvgIpc) is 2.92. The fourth-order valence-electron chi connectivity index (χ4n) is 2.05. The summed E-state index contributed by atoms with van der Waals surface area (Å²) in [7, 11) is 1.47. The maximum Gasteiger partial charge on any atom is 0.165 e. The molecule has 1 atom stereocenters. The number of nitrogens with one attached hydrogen (secondary N) is 2. The number of hydrogen-bond acceptors (Lipinski definition) is 3. The zero-order chi connectivity index (χ0) is 13.7. The van der Waals surface area contributed by atoms with Crippen LogP contribution in [0.15, 0.2) is 30.6 Å². The predicted octanol–water partition coefficient (Wildman–Crippen LogP) is 2.45. The molecule has 1 aromatic carbocycles. The number of benzene rings is 1. The predicted molar refractivity (Wildman–Crippen MR) is 71.7 cm³/mol. The van der Waals surface area contributed by atoms with Crippen LogP contribution in [0.5, 0.6) is 5.75 Å². The van der Waals surface area contributed by atoms with Gasteiger partial charge in [-0.3, -0.25) is 0 Å². The van der Waals surface area contributed by atoms with Gasteiger partial charge in [-0.25, -0.2) is 9.37 Å². The second kappa shape index (κ2) is 6.33. The highest BCUT2D eigenvalue weighted by molar-refractivity contribution is 5.32. The molecule has 0 spiro atoms. The highest BCUT2D eigenvalue weighted by Gasteiger charge is 2.14. The van der Waals surface area contributed by atoms with E-state index in [1.54, 1.807) is 24.5 Å². The minimum atomic E-state index is -0.348. The van der Waals surface area contributed by atoms with E-state index in [0.717, 1.165) is 24.4 Å². The molecule has 0 aliphatic heterocycles.